The molecule has 7 heteroatoms. The number of hydrogen-bond acceptors (Lipinski definition) is 6. The molecule has 0 saturated heterocycles. The minimum absolute atomic E-state index is 0.100. The standard InChI is InChI=1S/C23H29N3OS3/c1-5-25(6-2)13-14-26(22(27)15-17-7-9-18(28-3)10-8-17)23-24-20-12-11-19(29-4)16-21(20)30-23/h7-12,16H,5-6,13-15H2,1-4H3. The third-order valence-corrected chi connectivity index (χ3v) is 7.67. The second kappa shape index (κ2) is 11.2. The summed E-state index contributed by atoms with van der Waals surface area (Å²) in [5.74, 6) is 0.100. The zero-order valence-corrected chi connectivity index (χ0v) is 20.5. The van der Waals surface area contributed by atoms with E-state index in [4.69, 9.17) is 4.98 Å². The summed E-state index contributed by atoms with van der Waals surface area (Å²) < 4.78 is 1.13. The Labute approximate surface area is 192 Å². The number of amides is 1. The monoisotopic (exact) mass is 459 g/mol. The first-order valence-electron chi connectivity index (χ1n) is 10.2. The molecule has 1 aromatic heterocycles. The molecule has 0 aliphatic heterocycles. The number of thioether (sulfide) groups is 2. The van der Waals surface area contributed by atoms with E-state index < -0.39 is 0 Å². The van der Waals surface area contributed by atoms with Gasteiger partial charge in [0.2, 0.25) is 5.91 Å². The number of benzene rings is 2. The fraction of sp³-hybridized carbons (Fsp3) is 0.391. The van der Waals surface area contributed by atoms with E-state index in [1.54, 1.807) is 34.9 Å². The normalized spacial score (nSPS) is 11.4. The Bertz CT molecular complexity index is 967. The number of anilines is 1. The highest BCUT2D eigenvalue weighted by Gasteiger charge is 2.21. The molecule has 0 spiro atoms. The molecule has 0 fully saturated rings. The number of thiazole rings is 1. The highest BCUT2D eigenvalue weighted by Crippen LogP contribution is 2.32. The molecule has 2 aromatic carbocycles. The van der Waals surface area contributed by atoms with Gasteiger partial charge in [-0.25, -0.2) is 4.98 Å². The summed E-state index contributed by atoms with van der Waals surface area (Å²) >= 11 is 5.04. The van der Waals surface area contributed by atoms with Gasteiger partial charge in [0.1, 0.15) is 0 Å². The average molecular weight is 460 g/mol. The predicted molar refractivity (Wildman–Crippen MR) is 133 cm³/mol. The fourth-order valence-electron chi connectivity index (χ4n) is 3.26. The van der Waals surface area contributed by atoms with Crippen LogP contribution in [0.15, 0.2) is 52.3 Å². The van der Waals surface area contributed by atoms with Gasteiger partial charge in [0, 0.05) is 22.9 Å². The van der Waals surface area contributed by atoms with Gasteiger partial charge in [-0.05, 0) is 61.5 Å². The predicted octanol–water partition coefficient (Wildman–Crippen LogP) is 5.66. The molecule has 3 aromatic rings. The fourth-order valence-corrected chi connectivity index (χ4v) is 5.23. The van der Waals surface area contributed by atoms with Crippen LogP contribution in [-0.4, -0.2) is 54.5 Å². The summed E-state index contributed by atoms with van der Waals surface area (Å²) in [5.41, 5.74) is 1.99. The van der Waals surface area contributed by atoms with E-state index in [2.05, 4.69) is 73.7 Å². The number of fused-ring (bicyclic) bond motifs is 1. The van der Waals surface area contributed by atoms with Crippen LogP contribution in [-0.2, 0) is 11.2 Å². The first-order valence-corrected chi connectivity index (χ1v) is 13.4. The molecule has 0 bridgehead atoms. The maximum Gasteiger partial charge on any atom is 0.233 e. The van der Waals surface area contributed by atoms with E-state index >= 15 is 0 Å². The van der Waals surface area contributed by atoms with Crippen molar-refractivity contribution in [3.05, 3.63) is 48.0 Å². The zero-order valence-electron chi connectivity index (χ0n) is 18.1. The first-order chi connectivity index (χ1) is 14.6. The van der Waals surface area contributed by atoms with Crippen LogP contribution in [0, 0.1) is 0 Å². The van der Waals surface area contributed by atoms with E-state index in [1.165, 1.54) is 9.79 Å². The van der Waals surface area contributed by atoms with Gasteiger partial charge >= 0.3 is 0 Å². The Kier molecular flexibility index (Phi) is 8.62. The molecule has 0 atom stereocenters. The van der Waals surface area contributed by atoms with Crippen LogP contribution in [0.25, 0.3) is 10.2 Å². The van der Waals surface area contributed by atoms with Crippen LogP contribution >= 0.6 is 34.9 Å². The molecule has 0 unspecified atom stereocenters. The van der Waals surface area contributed by atoms with Crippen molar-refractivity contribution in [2.45, 2.75) is 30.1 Å². The number of nitrogens with zero attached hydrogens (tertiary/aromatic N) is 3. The molecule has 1 heterocycles. The molecule has 30 heavy (non-hydrogen) atoms. The molecular weight excluding hydrogens is 430 g/mol. The topological polar surface area (TPSA) is 36.4 Å². The third kappa shape index (κ3) is 5.78. The van der Waals surface area contributed by atoms with E-state index in [0.29, 0.717) is 13.0 Å². The van der Waals surface area contributed by atoms with Crippen molar-refractivity contribution in [1.29, 1.82) is 0 Å². The molecule has 0 saturated carbocycles. The highest BCUT2D eigenvalue weighted by molar-refractivity contribution is 7.98. The molecule has 0 aliphatic carbocycles. The van der Waals surface area contributed by atoms with E-state index in [-0.39, 0.29) is 5.91 Å². The summed E-state index contributed by atoms with van der Waals surface area (Å²) in [4.78, 5) is 24.8. The SMILES string of the molecule is CCN(CC)CCN(C(=O)Cc1ccc(SC)cc1)c1nc2ccc(SC)cc2s1. The largest absolute Gasteiger partial charge is 0.302 e. The van der Waals surface area contributed by atoms with Gasteiger partial charge < -0.3 is 4.90 Å². The number of carbonyl (C=O) groups is 1. The Morgan fingerprint density at radius 2 is 1.63 bits per heavy atom. The smallest absolute Gasteiger partial charge is 0.233 e. The summed E-state index contributed by atoms with van der Waals surface area (Å²) in [6.45, 7) is 7.77. The lowest BCUT2D eigenvalue weighted by Gasteiger charge is -2.24. The lowest BCUT2D eigenvalue weighted by Crippen LogP contribution is -2.39. The number of aromatic nitrogens is 1. The van der Waals surface area contributed by atoms with Gasteiger partial charge in [-0.2, -0.15) is 0 Å². The van der Waals surface area contributed by atoms with Gasteiger partial charge in [0.05, 0.1) is 16.6 Å². The first kappa shape index (κ1) is 23.1. The van der Waals surface area contributed by atoms with Crippen LogP contribution in [0.2, 0.25) is 0 Å². The minimum atomic E-state index is 0.100. The quantitative estimate of drug-likeness (QED) is 0.366. The summed E-state index contributed by atoms with van der Waals surface area (Å²) in [6.07, 6.45) is 4.52. The number of hydrogen-bond donors (Lipinski definition) is 0. The van der Waals surface area contributed by atoms with Gasteiger partial charge in [0.15, 0.2) is 5.13 Å². The number of likely N-dealkylation sites (N-methyl/N-ethyl adjacent to an activating group) is 1. The Morgan fingerprint density at radius 3 is 2.27 bits per heavy atom. The van der Waals surface area contributed by atoms with Crippen LogP contribution in [0.4, 0.5) is 5.13 Å². The van der Waals surface area contributed by atoms with Crippen LogP contribution < -0.4 is 4.90 Å². The summed E-state index contributed by atoms with van der Waals surface area (Å²) in [5, 5.41) is 0.793. The number of rotatable bonds is 10. The van der Waals surface area contributed by atoms with Crippen molar-refractivity contribution in [1.82, 2.24) is 9.88 Å². The van der Waals surface area contributed by atoms with Crippen molar-refractivity contribution in [3.8, 4) is 0 Å². The Balaban J connectivity index is 1.85. The summed E-state index contributed by atoms with van der Waals surface area (Å²) in [6, 6.07) is 14.6. The van der Waals surface area contributed by atoms with Gasteiger partial charge in [-0.3, -0.25) is 9.69 Å². The molecule has 160 valence electrons. The molecule has 4 nitrogen and oxygen atoms in total. The third-order valence-electron chi connectivity index (χ3n) is 5.16. The lowest BCUT2D eigenvalue weighted by atomic mass is 10.1. The van der Waals surface area contributed by atoms with E-state index in [1.807, 2.05) is 4.90 Å². The second-order valence-electron chi connectivity index (χ2n) is 6.93. The average Bonchev–Trinajstić information content (AvgIpc) is 3.19. The van der Waals surface area contributed by atoms with Crippen molar-refractivity contribution >= 4 is 56.1 Å². The minimum Gasteiger partial charge on any atom is -0.302 e. The van der Waals surface area contributed by atoms with Gasteiger partial charge in [-0.15, -0.1) is 23.5 Å². The van der Waals surface area contributed by atoms with Crippen molar-refractivity contribution in [2.24, 2.45) is 0 Å². The molecule has 0 N–H and O–H groups in total. The van der Waals surface area contributed by atoms with Crippen molar-refractivity contribution in [3.63, 3.8) is 0 Å². The lowest BCUT2D eigenvalue weighted by molar-refractivity contribution is -0.118. The molecular formula is C23H29N3OS3. The highest BCUT2D eigenvalue weighted by atomic mass is 32.2. The van der Waals surface area contributed by atoms with Gasteiger partial charge in [0.25, 0.3) is 0 Å². The Hall–Kier alpha value is -1.54. The van der Waals surface area contributed by atoms with Crippen molar-refractivity contribution < 1.29 is 4.79 Å². The number of carbonyl (C=O) groups excluding carboxylic acids is 1. The van der Waals surface area contributed by atoms with Crippen molar-refractivity contribution in [2.75, 3.05) is 43.6 Å². The van der Waals surface area contributed by atoms with Crippen LogP contribution in [0.5, 0.6) is 0 Å². The van der Waals surface area contributed by atoms with Crippen LogP contribution in [0.1, 0.15) is 19.4 Å². The Morgan fingerprint density at radius 1 is 0.967 bits per heavy atom. The molecule has 1 amide bonds. The summed E-state index contributed by atoms with van der Waals surface area (Å²) in [7, 11) is 0. The molecule has 3 rings (SSSR count). The van der Waals surface area contributed by atoms with Crippen LogP contribution in [0.3, 0.4) is 0 Å². The zero-order chi connectivity index (χ0) is 21.5. The van der Waals surface area contributed by atoms with E-state index in [0.717, 1.165) is 40.5 Å². The second-order valence-corrected chi connectivity index (χ2v) is 9.70. The maximum atomic E-state index is 13.3. The van der Waals surface area contributed by atoms with Gasteiger partial charge in [-0.1, -0.05) is 37.3 Å². The maximum absolute atomic E-state index is 13.3. The van der Waals surface area contributed by atoms with E-state index in [9.17, 15) is 4.79 Å². The molecule has 0 radical (unpaired) electrons. The molecule has 0 aliphatic rings.